The standard InChI is InChI=1S/C60H46O5/c1-2-40-34-36-41(37-35-40)39-63-47-25-11-24-46(38-47)58-64-56(59(61,52-30-12-20-42-16-3-7-26-48(42)52)53-31-13-21-43-17-4-8-27-49(43)53)57(65-58)60(62,54-32-14-22-44-18-5-9-28-50(44)54)55-33-15-23-45-19-6-10-29-51(45)55/h2-38,56-58,61-62H,1,39H2/t56-,57-/m0/s1. The summed E-state index contributed by atoms with van der Waals surface area (Å²) in [6.45, 7) is 4.23. The van der Waals surface area contributed by atoms with Gasteiger partial charge in [-0.1, -0.05) is 219 Å². The lowest BCUT2D eigenvalue weighted by atomic mass is 9.69. The van der Waals surface area contributed by atoms with Gasteiger partial charge in [-0.2, -0.15) is 0 Å². The van der Waals surface area contributed by atoms with Gasteiger partial charge in [0, 0.05) is 5.56 Å². The lowest BCUT2D eigenvalue weighted by Crippen LogP contribution is -2.55. The van der Waals surface area contributed by atoms with Crippen molar-refractivity contribution in [1.29, 1.82) is 0 Å². The van der Waals surface area contributed by atoms with Crippen molar-refractivity contribution in [2.45, 2.75) is 36.3 Å². The van der Waals surface area contributed by atoms with Crippen LogP contribution in [-0.4, -0.2) is 22.4 Å². The van der Waals surface area contributed by atoms with Crippen LogP contribution in [0.3, 0.4) is 0 Å². The molecule has 2 N–H and O–H groups in total. The van der Waals surface area contributed by atoms with Gasteiger partial charge in [-0.25, -0.2) is 0 Å². The molecule has 1 aliphatic heterocycles. The van der Waals surface area contributed by atoms with E-state index in [1.54, 1.807) is 0 Å². The monoisotopic (exact) mass is 846 g/mol. The Balaban J connectivity index is 1.17. The molecular formula is C60H46O5. The maximum absolute atomic E-state index is 14.5. The van der Waals surface area contributed by atoms with Crippen molar-refractivity contribution in [3.8, 4) is 5.75 Å². The highest BCUT2D eigenvalue weighted by Gasteiger charge is 2.61. The predicted octanol–water partition coefficient (Wildman–Crippen LogP) is 13.2. The van der Waals surface area contributed by atoms with E-state index >= 15 is 0 Å². The zero-order chi connectivity index (χ0) is 44.0. The summed E-state index contributed by atoms with van der Waals surface area (Å²) in [6, 6.07) is 72.1. The first kappa shape index (κ1) is 40.4. The van der Waals surface area contributed by atoms with Crippen LogP contribution in [0.2, 0.25) is 0 Å². The minimum absolute atomic E-state index is 0.350. The molecule has 0 bridgehead atoms. The predicted molar refractivity (Wildman–Crippen MR) is 262 cm³/mol. The molecule has 65 heavy (non-hydrogen) atoms. The first-order valence-electron chi connectivity index (χ1n) is 22.1. The van der Waals surface area contributed by atoms with Gasteiger partial charge in [-0.15, -0.1) is 0 Å². The van der Waals surface area contributed by atoms with Crippen LogP contribution in [0.5, 0.6) is 5.75 Å². The van der Waals surface area contributed by atoms with Crippen LogP contribution in [0.4, 0.5) is 0 Å². The third kappa shape index (κ3) is 6.97. The van der Waals surface area contributed by atoms with Crippen molar-refractivity contribution >= 4 is 49.2 Å². The quantitative estimate of drug-likeness (QED) is 0.136. The molecule has 0 unspecified atom stereocenters. The molecule has 0 spiro atoms. The van der Waals surface area contributed by atoms with E-state index in [2.05, 4.69) is 55.1 Å². The summed E-state index contributed by atoms with van der Waals surface area (Å²) in [5, 5.41) is 36.3. The van der Waals surface area contributed by atoms with Crippen LogP contribution < -0.4 is 4.74 Å². The van der Waals surface area contributed by atoms with E-state index < -0.39 is 29.7 Å². The second-order valence-corrected chi connectivity index (χ2v) is 16.9. The number of fused-ring (bicyclic) bond motifs is 4. The van der Waals surface area contributed by atoms with E-state index in [-0.39, 0.29) is 0 Å². The molecule has 5 nitrogen and oxygen atoms in total. The first-order valence-corrected chi connectivity index (χ1v) is 22.1. The fourth-order valence-corrected chi connectivity index (χ4v) is 10.0. The molecule has 1 fully saturated rings. The minimum atomic E-state index is -1.92. The molecule has 2 atom stereocenters. The fourth-order valence-electron chi connectivity index (χ4n) is 10.0. The van der Waals surface area contributed by atoms with Gasteiger partial charge in [0.25, 0.3) is 0 Å². The van der Waals surface area contributed by atoms with Gasteiger partial charge < -0.3 is 24.4 Å². The third-order valence-electron chi connectivity index (χ3n) is 13.2. The van der Waals surface area contributed by atoms with Crippen LogP contribution in [0.1, 0.15) is 45.2 Å². The summed E-state index contributed by atoms with van der Waals surface area (Å²) in [7, 11) is 0. The van der Waals surface area contributed by atoms with E-state index in [1.165, 1.54) is 0 Å². The Bertz CT molecular complexity index is 3020. The van der Waals surface area contributed by atoms with Gasteiger partial charge in [-0.3, -0.25) is 0 Å². The Morgan fingerprint density at radius 2 is 0.815 bits per heavy atom. The van der Waals surface area contributed by atoms with Crippen molar-refractivity contribution < 1.29 is 24.4 Å². The lowest BCUT2D eigenvalue weighted by Gasteiger charge is -2.43. The highest BCUT2D eigenvalue weighted by molar-refractivity contribution is 5.93. The Labute approximate surface area is 378 Å². The van der Waals surface area contributed by atoms with Gasteiger partial charge >= 0.3 is 0 Å². The second kappa shape index (κ2) is 16.6. The van der Waals surface area contributed by atoms with Crippen LogP contribution in [0, 0.1) is 0 Å². The smallest absolute Gasteiger partial charge is 0.185 e. The summed E-state index contributed by atoms with van der Waals surface area (Å²) in [5.74, 6) is 0.624. The number of aliphatic hydroxyl groups is 2. The van der Waals surface area contributed by atoms with Crippen LogP contribution in [-0.2, 0) is 27.3 Å². The van der Waals surface area contributed by atoms with Crippen molar-refractivity contribution in [2.24, 2.45) is 0 Å². The van der Waals surface area contributed by atoms with Gasteiger partial charge in [0.05, 0.1) is 0 Å². The summed E-state index contributed by atoms with van der Waals surface area (Å²) in [4.78, 5) is 0. The minimum Gasteiger partial charge on any atom is -0.489 e. The van der Waals surface area contributed by atoms with E-state index in [1.807, 2.05) is 176 Å². The second-order valence-electron chi connectivity index (χ2n) is 16.9. The topological polar surface area (TPSA) is 68.2 Å². The molecule has 0 aromatic heterocycles. The number of ether oxygens (including phenoxy) is 3. The fraction of sp³-hybridized carbons (Fsp3) is 0.100. The number of benzene rings is 10. The lowest BCUT2D eigenvalue weighted by molar-refractivity contribution is -0.108. The Hall–Kier alpha value is -7.38. The molecule has 1 aliphatic rings. The molecule has 10 aromatic rings. The highest BCUT2D eigenvalue weighted by atomic mass is 16.7. The van der Waals surface area contributed by atoms with Gasteiger partial charge in [-0.05, 0) is 88.6 Å². The zero-order valence-corrected chi connectivity index (χ0v) is 35.6. The molecule has 1 heterocycles. The van der Waals surface area contributed by atoms with Crippen molar-refractivity contribution in [3.05, 3.63) is 264 Å². The summed E-state index contributed by atoms with van der Waals surface area (Å²) >= 11 is 0. The largest absolute Gasteiger partial charge is 0.489 e. The van der Waals surface area contributed by atoms with Crippen LogP contribution in [0.15, 0.2) is 225 Å². The molecule has 0 amide bonds. The first-order chi connectivity index (χ1) is 31.9. The van der Waals surface area contributed by atoms with E-state index in [0.29, 0.717) is 40.2 Å². The molecule has 0 aliphatic carbocycles. The average Bonchev–Trinajstić information content (AvgIpc) is 3.84. The summed E-state index contributed by atoms with van der Waals surface area (Å²) in [5.41, 5.74) is 1.40. The van der Waals surface area contributed by atoms with Crippen LogP contribution >= 0.6 is 0 Å². The Kier molecular flexibility index (Phi) is 10.3. The average molecular weight is 847 g/mol. The maximum atomic E-state index is 14.5. The molecule has 5 heteroatoms. The maximum Gasteiger partial charge on any atom is 0.185 e. The Morgan fingerprint density at radius 1 is 0.446 bits per heavy atom. The molecule has 0 saturated carbocycles. The summed E-state index contributed by atoms with van der Waals surface area (Å²) < 4.78 is 21.2. The third-order valence-corrected chi connectivity index (χ3v) is 13.2. The van der Waals surface area contributed by atoms with Crippen molar-refractivity contribution in [3.63, 3.8) is 0 Å². The zero-order valence-electron chi connectivity index (χ0n) is 35.6. The van der Waals surface area contributed by atoms with Gasteiger partial charge in [0.2, 0.25) is 0 Å². The highest BCUT2D eigenvalue weighted by Crippen LogP contribution is 2.54. The van der Waals surface area contributed by atoms with Crippen molar-refractivity contribution in [2.75, 3.05) is 0 Å². The molecule has 316 valence electrons. The molecule has 10 aromatic carbocycles. The molecule has 0 radical (unpaired) electrons. The SMILES string of the molecule is C=Cc1ccc(COc2cccc(C3O[C@H](C(O)(c4cccc5ccccc45)c4cccc5ccccc45)[C@@H](C(O)(c4cccc5ccccc45)c4cccc5ccccc45)O3)c2)cc1. The molecular weight excluding hydrogens is 801 g/mol. The number of hydrogen-bond acceptors (Lipinski definition) is 5. The van der Waals surface area contributed by atoms with E-state index in [4.69, 9.17) is 14.2 Å². The van der Waals surface area contributed by atoms with Gasteiger partial charge in [0.1, 0.15) is 35.8 Å². The van der Waals surface area contributed by atoms with Crippen molar-refractivity contribution in [1.82, 2.24) is 0 Å². The summed E-state index contributed by atoms with van der Waals surface area (Å²) in [6.07, 6.45) is -1.67. The molecule has 11 rings (SSSR count). The van der Waals surface area contributed by atoms with Gasteiger partial charge in [0.15, 0.2) is 6.29 Å². The van der Waals surface area contributed by atoms with E-state index in [9.17, 15) is 10.2 Å². The normalized spacial score (nSPS) is 15.8. The molecule has 1 saturated heterocycles. The number of rotatable bonds is 11. The number of hydrogen-bond donors (Lipinski definition) is 2. The van der Waals surface area contributed by atoms with E-state index in [0.717, 1.165) is 54.2 Å². The van der Waals surface area contributed by atoms with Crippen LogP contribution in [0.25, 0.3) is 49.2 Å². The Morgan fingerprint density at radius 3 is 1.22 bits per heavy atom.